The van der Waals surface area contributed by atoms with Gasteiger partial charge in [-0.3, -0.25) is 9.59 Å². The van der Waals surface area contributed by atoms with Crippen LogP contribution in [0.5, 0.6) is 0 Å². The average molecular weight is 213 g/mol. The molecule has 0 saturated heterocycles. The van der Waals surface area contributed by atoms with Gasteiger partial charge in [-0.1, -0.05) is 0 Å². The van der Waals surface area contributed by atoms with Crippen LogP contribution in [0.15, 0.2) is 11.8 Å². The average Bonchev–Trinajstić information content (AvgIpc) is 2.26. The highest BCUT2D eigenvalue weighted by Crippen LogP contribution is 2.14. The molecule has 0 unspecified atom stereocenters. The molecule has 1 rings (SSSR count). The van der Waals surface area contributed by atoms with Crippen LogP contribution < -0.4 is 0 Å². The molecular formula is C10H15NO4. The van der Waals surface area contributed by atoms with Crippen molar-refractivity contribution in [1.29, 1.82) is 0 Å². The topological polar surface area (TPSA) is 66.8 Å². The van der Waals surface area contributed by atoms with Crippen LogP contribution in [-0.4, -0.2) is 41.6 Å². The second kappa shape index (κ2) is 5.38. The summed E-state index contributed by atoms with van der Waals surface area (Å²) in [5.41, 5.74) is 0.560. The molecule has 1 aliphatic heterocycles. The van der Waals surface area contributed by atoms with Crippen molar-refractivity contribution < 1.29 is 19.4 Å². The molecule has 0 aromatic carbocycles. The van der Waals surface area contributed by atoms with Crippen LogP contribution in [0, 0.1) is 0 Å². The lowest BCUT2D eigenvalue weighted by atomic mass is 10.1. The summed E-state index contributed by atoms with van der Waals surface area (Å²) in [5, 5.41) is 8.62. The third-order valence-electron chi connectivity index (χ3n) is 2.20. The predicted molar refractivity (Wildman–Crippen MR) is 53.2 cm³/mol. The highest BCUT2D eigenvalue weighted by molar-refractivity contribution is 5.94. The van der Waals surface area contributed by atoms with Crippen molar-refractivity contribution in [2.75, 3.05) is 19.7 Å². The largest absolute Gasteiger partial charge is 0.501 e. The Balaban J connectivity index is 2.63. The van der Waals surface area contributed by atoms with Gasteiger partial charge in [0.15, 0.2) is 0 Å². The van der Waals surface area contributed by atoms with Crippen molar-refractivity contribution in [3.8, 4) is 0 Å². The molecule has 5 heteroatoms. The first-order chi connectivity index (χ1) is 7.15. The van der Waals surface area contributed by atoms with Crippen LogP contribution in [0.2, 0.25) is 0 Å². The molecule has 0 saturated carbocycles. The molecule has 0 aromatic heterocycles. The van der Waals surface area contributed by atoms with Gasteiger partial charge in [0.05, 0.1) is 18.4 Å². The van der Waals surface area contributed by atoms with Crippen molar-refractivity contribution in [3.05, 3.63) is 11.8 Å². The van der Waals surface area contributed by atoms with Gasteiger partial charge in [0.1, 0.15) is 6.54 Å². The fraction of sp³-hybridized carbons (Fsp3) is 0.600. The zero-order valence-electron chi connectivity index (χ0n) is 8.73. The quantitative estimate of drug-likeness (QED) is 0.743. The number of carbonyl (C=O) groups is 2. The molecule has 0 atom stereocenters. The SMILES string of the molecule is CCN(CC(=O)O)C(=O)C1=COCCC1. The summed E-state index contributed by atoms with van der Waals surface area (Å²) in [7, 11) is 0. The Kier molecular flexibility index (Phi) is 4.15. The van der Waals surface area contributed by atoms with Crippen molar-refractivity contribution >= 4 is 11.9 Å². The molecule has 84 valence electrons. The van der Waals surface area contributed by atoms with E-state index < -0.39 is 5.97 Å². The Hall–Kier alpha value is -1.52. The number of amides is 1. The lowest BCUT2D eigenvalue weighted by molar-refractivity contribution is -0.143. The number of likely N-dealkylation sites (N-methyl/N-ethyl adjacent to an activating group) is 1. The lowest BCUT2D eigenvalue weighted by Gasteiger charge is -2.21. The number of nitrogens with zero attached hydrogens (tertiary/aromatic N) is 1. The van der Waals surface area contributed by atoms with Gasteiger partial charge in [0, 0.05) is 6.54 Å². The van der Waals surface area contributed by atoms with Gasteiger partial charge in [0.2, 0.25) is 0 Å². The number of hydrogen-bond donors (Lipinski definition) is 1. The molecule has 0 aliphatic carbocycles. The second-order valence-corrected chi connectivity index (χ2v) is 3.33. The summed E-state index contributed by atoms with van der Waals surface area (Å²) in [6, 6.07) is 0. The zero-order chi connectivity index (χ0) is 11.3. The minimum atomic E-state index is -0.998. The van der Waals surface area contributed by atoms with Crippen LogP contribution >= 0.6 is 0 Å². The Morgan fingerprint density at radius 1 is 1.60 bits per heavy atom. The predicted octanol–water partition coefficient (Wildman–Crippen LogP) is 0.614. The molecule has 5 nitrogen and oxygen atoms in total. The molecular weight excluding hydrogens is 198 g/mol. The minimum absolute atomic E-state index is 0.236. The summed E-state index contributed by atoms with van der Waals surface area (Å²) in [6.07, 6.45) is 2.91. The van der Waals surface area contributed by atoms with Gasteiger partial charge >= 0.3 is 5.97 Å². The van der Waals surface area contributed by atoms with Crippen molar-refractivity contribution in [2.24, 2.45) is 0 Å². The maximum absolute atomic E-state index is 11.8. The molecule has 0 radical (unpaired) electrons. The van der Waals surface area contributed by atoms with E-state index in [-0.39, 0.29) is 12.5 Å². The molecule has 15 heavy (non-hydrogen) atoms. The Labute approximate surface area is 88.3 Å². The van der Waals surface area contributed by atoms with E-state index in [1.165, 1.54) is 11.2 Å². The van der Waals surface area contributed by atoms with Crippen LogP contribution in [0.25, 0.3) is 0 Å². The molecule has 1 aliphatic rings. The van der Waals surface area contributed by atoms with Crippen LogP contribution in [-0.2, 0) is 14.3 Å². The summed E-state index contributed by atoms with van der Waals surface area (Å²) < 4.78 is 5.05. The number of hydrogen-bond acceptors (Lipinski definition) is 3. The summed E-state index contributed by atoms with van der Waals surface area (Å²) in [4.78, 5) is 23.6. The highest BCUT2D eigenvalue weighted by atomic mass is 16.5. The number of carboxylic acid groups (broad SMARTS) is 1. The monoisotopic (exact) mass is 213 g/mol. The van der Waals surface area contributed by atoms with Crippen LogP contribution in [0.4, 0.5) is 0 Å². The number of aliphatic carboxylic acids is 1. The second-order valence-electron chi connectivity index (χ2n) is 3.33. The van der Waals surface area contributed by atoms with E-state index in [2.05, 4.69) is 0 Å². The first-order valence-corrected chi connectivity index (χ1v) is 4.97. The van der Waals surface area contributed by atoms with Gasteiger partial charge in [0.25, 0.3) is 5.91 Å². The van der Waals surface area contributed by atoms with Gasteiger partial charge in [-0.25, -0.2) is 0 Å². The van der Waals surface area contributed by atoms with Gasteiger partial charge in [-0.15, -0.1) is 0 Å². The van der Waals surface area contributed by atoms with Crippen LogP contribution in [0.3, 0.4) is 0 Å². The lowest BCUT2D eigenvalue weighted by Crippen LogP contribution is -2.36. The van der Waals surface area contributed by atoms with E-state index in [1.54, 1.807) is 6.92 Å². The van der Waals surface area contributed by atoms with E-state index in [0.717, 1.165) is 6.42 Å². The van der Waals surface area contributed by atoms with E-state index in [1.807, 2.05) is 0 Å². The Morgan fingerprint density at radius 2 is 2.33 bits per heavy atom. The molecule has 0 aromatic rings. The van der Waals surface area contributed by atoms with E-state index in [9.17, 15) is 9.59 Å². The van der Waals surface area contributed by atoms with Gasteiger partial charge in [-0.2, -0.15) is 0 Å². The van der Waals surface area contributed by atoms with E-state index in [0.29, 0.717) is 25.1 Å². The van der Waals surface area contributed by atoms with Gasteiger partial charge < -0.3 is 14.7 Å². The number of carboxylic acids is 1. The third kappa shape index (κ3) is 3.27. The fourth-order valence-electron chi connectivity index (χ4n) is 1.42. The molecule has 0 fully saturated rings. The summed E-state index contributed by atoms with van der Waals surface area (Å²) >= 11 is 0. The smallest absolute Gasteiger partial charge is 0.323 e. The maximum Gasteiger partial charge on any atom is 0.323 e. The maximum atomic E-state index is 11.8. The third-order valence-corrected chi connectivity index (χ3v) is 2.20. The van der Waals surface area contributed by atoms with Crippen molar-refractivity contribution in [1.82, 2.24) is 4.90 Å². The van der Waals surface area contributed by atoms with E-state index in [4.69, 9.17) is 9.84 Å². The molecule has 1 amide bonds. The normalized spacial score (nSPS) is 15.1. The van der Waals surface area contributed by atoms with Crippen LogP contribution in [0.1, 0.15) is 19.8 Å². The summed E-state index contributed by atoms with van der Waals surface area (Å²) in [5.74, 6) is -1.23. The molecule has 1 heterocycles. The Morgan fingerprint density at radius 3 is 2.80 bits per heavy atom. The molecule has 0 spiro atoms. The van der Waals surface area contributed by atoms with E-state index >= 15 is 0 Å². The minimum Gasteiger partial charge on any atom is -0.501 e. The standard InChI is InChI=1S/C10H15NO4/c1-2-11(6-9(12)13)10(14)8-4-3-5-15-7-8/h7H,2-6H2,1H3,(H,12,13). The first-order valence-electron chi connectivity index (χ1n) is 4.97. The zero-order valence-corrected chi connectivity index (χ0v) is 8.73. The van der Waals surface area contributed by atoms with Gasteiger partial charge in [-0.05, 0) is 19.8 Å². The Bertz CT molecular complexity index is 285. The molecule has 0 bridgehead atoms. The highest BCUT2D eigenvalue weighted by Gasteiger charge is 2.20. The number of rotatable bonds is 4. The molecule has 1 N–H and O–H groups in total. The summed E-state index contributed by atoms with van der Waals surface area (Å²) in [6.45, 7) is 2.52. The number of carbonyl (C=O) groups excluding carboxylic acids is 1. The first kappa shape index (κ1) is 11.6. The fourth-order valence-corrected chi connectivity index (χ4v) is 1.42. The van der Waals surface area contributed by atoms with Crippen molar-refractivity contribution in [3.63, 3.8) is 0 Å². The number of ether oxygens (including phenoxy) is 1. The van der Waals surface area contributed by atoms with Crippen molar-refractivity contribution in [2.45, 2.75) is 19.8 Å².